The summed E-state index contributed by atoms with van der Waals surface area (Å²) in [7, 11) is -3.59. The van der Waals surface area contributed by atoms with Gasteiger partial charge in [-0.05, 0) is 77.7 Å². The number of carbonyl (C=O) groups is 1. The summed E-state index contributed by atoms with van der Waals surface area (Å²) in [6.07, 6.45) is 7.83. The second-order valence-electron chi connectivity index (χ2n) is 8.82. The second-order valence-corrected chi connectivity index (χ2v) is 10.8. The number of hydrogen-bond donors (Lipinski definition) is 2. The Morgan fingerprint density at radius 1 is 0.925 bits per heavy atom. The van der Waals surface area contributed by atoms with Crippen LogP contribution in [-0.2, 0) is 27.8 Å². The largest absolute Gasteiger partial charge is 0.468 e. The molecule has 0 fully saturated rings. The standard InChI is InChI=1S/C28H23N3O4S.CH3NO2/c32-36(33,31-16-13-23-14-18-34-28(23)19-31)27-11-3-22(4-12-27)21-1-7-25(8-2-21)35-26-9-5-24(6-10-26)30-17-15-29-20-30;3-1-2-4/h1-12,14-15,17-18,20H,13,16,19H2;1,4H,(H,2,3). The summed E-state index contributed by atoms with van der Waals surface area (Å²) in [6, 6.07) is 24.4. The molecule has 11 heteroatoms. The van der Waals surface area contributed by atoms with Crippen LogP contribution >= 0.6 is 0 Å². The average molecular weight is 559 g/mol. The van der Waals surface area contributed by atoms with Crippen molar-refractivity contribution in [2.24, 2.45) is 0 Å². The highest BCUT2D eigenvalue weighted by atomic mass is 32.2. The molecule has 3 heterocycles. The number of nitrogens with one attached hydrogen (secondary N) is 1. The van der Waals surface area contributed by atoms with Crippen LogP contribution in [0.3, 0.4) is 0 Å². The minimum atomic E-state index is -3.59. The van der Waals surface area contributed by atoms with E-state index in [9.17, 15) is 8.42 Å². The van der Waals surface area contributed by atoms with E-state index in [1.807, 2.05) is 77.5 Å². The molecule has 0 bridgehead atoms. The maximum atomic E-state index is 13.1. The first-order valence-electron chi connectivity index (χ1n) is 12.3. The van der Waals surface area contributed by atoms with Crippen LogP contribution in [0.4, 0.5) is 0 Å². The van der Waals surface area contributed by atoms with Crippen LogP contribution in [0.15, 0.2) is 113 Å². The van der Waals surface area contributed by atoms with Gasteiger partial charge in [0, 0.05) is 24.6 Å². The SMILES string of the molecule is O=CNO.O=S(=O)(c1ccc(-c2ccc(Oc3ccc(-n4ccnc4)cc3)cc2)cc1)N1CCc2ccoc2C1. The van der Waals surface area contributed by atoms with E-state index in [0.29, 0.717) is 13.0 Å². The van der Waals surface area contributed by atoms with E-state index in [0.717, 1.165) is 39.6 Å². The third kappa shape index (κ3) is 5.96. The number of imidazole rings is 1. The molecule has 5 aromatic rings. The van der Waals surface area contributed by atoms with E-state index >= 15 is 0 Å². The Hall–Kier alpha value is -4.71. The molecule has 0 saturated carbocycles. The molecule has 0 unspecified atom stereocenters. The fraction of sp³-hybridized carbons (Fsp3) is 0.103. The molecule has 6 rings (SSSR count). The molecule has 0 atom stereocenters. The van der Waals surface area contributed by atoms with Gasteiger partial charge in [-0.1, -0.05) is 24.3 Å². The number of benzene rings is 3. The maximum absolute atomic E-state index is 13.1. The Kier molecular flexibility index (Phi) is 8.06. The molecule has 1 aliphatic rings. The number of sulfonamides is 1. The monoisotopic (exact) mass is 558 g/mol. The molecule has 0 radical (unpaired) electrons. The number of rotatable bonds is 7. The van der Waals surface area contributed by atoms with Crippen LogP contribution in [-0.4, -0.2) is 40.4 Å². The number of nitrogens with zero attached hydrogens (tertiary/aromatic N) is 3. The number of amides is 1. The van der Waals surface area contributed by atoms with E-state index in [2.05, 4.69) is 4.98 Å². The molecule has 1 aliphatic heterocycles. The van der Waals surface area contributed by atoms with Gasteiger partial charge in [0.1, 0.15) is 17.3 Å². The van der Waals surface area contributed by atoms with Gasteiger partial charge >= 0.3 is 0 Å². The summed E-state index contributed by atoms with van der Waals surface area (Å²) < 4.78 is 41.1. The van der Waals surface area contributed by atoms with E-state index in [1.54, 1.807) is 30.9 Å². The number of furan rings is 1. The predicted molar refractivity (Wildman–Crippen MR) is 147 cm³/mol. The molecule has 3 aromatic carbocycles. The van der Waals surface area contributed by atoms with Crippen LogP contribution in [0.5, 0.6) is 11.5 Å². The van der Waals surface area contributed by atoms with Crippen molar-refractivity contribution < 1.29 is 27.6 Å². The molecule has 204 valence electrons. The Morgan fingerprint density at radius 3 is 2.15 bits per heavy atom. The van der Waals surface area contributed by atoms with Gasteiger partial charge in [-0.15, -0.1) is 0 Å². The third-order valence-corrected chi connectivity index (χ3v) is 8.25. The van der Waals surface area contributed by atoms with Crippen molar-refractivity contribution in [2.75, 3.05) is 6.54 Å². The lowest BCUT2D eigenvalue weighted by Gasteiger charge is -2.25. The molecule has 10 nitrogen and oxygen atoms in total. The van der Waals surface area contributed by atoms with Gasteiger partial charge in [-0.2, -0.15) is 4.31 Å². The van der Waals surface area contributed by atoms with Crippen molar-refractivity contribution in [3.8, 4) is 28.3 Å². The van der Waals surface area contributed by atoms with Gasteiger partial charge in [-0.3, -0.25) is 10.0 Å². The average Bonchev–Trinajstić information content (AvgIpc) is 3.71. The third-order valence-electron chi connectivity index (χ3n) is 6.40. The molecule has 0 aliphatic carbocycles. The van der Waals surface area contributed by atoms with Gasteiger partial charge in [0.2, 0.25) is 16.4 Å². The lowest BCUT2D eigenvalue weighted by atomic mass is 10.1. The lowest BCUT2D eigenvalue weighted by Crippen LogP contribution is -2.35. The smallest absolute Gasteiger partial charge is 0.243 e. The van der Waals surface area contributed by atoms with Crippen molar-refractivity contribution >= 4 is 16.4 Å². The van der Waals surface area contributed by atoms with Crippen LogP contribution < -0.4 is 10.2 Å². The molecule has 2 N–H and O–H groups in total. The molecule has 40 heavy (non-hydrogen) atoms. The predicted octanol–water partition coefficient (Wildman–Crippen LogP) is 4.79. The number of carbonyl (C=O) groups excluding carboxylic acids is 1. The second kappa shape index (κ2) is 12.0. The van der Waals surface area contributed by atoms with Crippen LogP contribution in [0, 0.1) is 0 Å². The molecule has 0 saturated heterocycles. The highest BCUT2D eigenvalue weighted by molar-refractivity contribution is 7.89. The Balaban J connectivity index is 0.000000758. The highest BCUT2D eigenvalue weighted by Crippen LogP contribution is 2.29. The van der Waals surface area contributed by atoms with E-state index < -0.39 is 10.0 Å². The number of aromatic nitrogens is 2. The Morgan fingerprint density at radius 2 is 1.55 bits per heavy atom. The Labute approximate surface area is 231 Å². The number of hydrogen-bond acceptors (Lipinski definition) is 7. The Bertz CT molecular complexity index is 1650. The van der Waals surface area contributed by atoms with Crippen molar-refractivity contribution in [3.05, 3.63) is 115 Å². The van der Waals surface area contributed by atoms with E-state index in [4.69, 9.17) is 19.2 Å². The summed E-state index contributed by atoms with van der Waals surface area (Å²) >= 11 is 0. The van der Waals surface area contributed by atoms with Crippen LogP contribution in [0.2, 0.25) is 0 Å². The normalized spacial score (nSPS) is 13.0. The summed E-state index contributed by atoms with van der Waals surface area (Å²) in [5.74, 6) is 2.18. The van der Waals surface area contributed by atoms with Crippen molar-refractivity contribution in [1.82, 2.24) is 19.3 Å². The first-order chi connectivity index (χ1) is 19.5. The maximum Gasteiger partial charge on any atom is 0.243 e. The zero-order chi connectivity index (χ0) is 28.0. The summed E-state index contributed by atoms with van der Waals surface area (Å²) in [4.78, 5) is 13.2. The summed E-state index contributed by atoms with van der Waals surface area (Å²) in [5.41, 5.74) is 5.24. The zero-order valence-electron chi connectivity index (χ0n) is 21.3. The van der Waals surface area contributed by atoms with Crippen LogP contribution in [0.1, 0.15) is 11.3 Å². The lowest BCUT2D eigenvalue weighted by molar-refractivity contribution is -0.116. The number of ether oxygens (including phenoxy) is 1. The quantitative estimate of drug-likeness (QED) is 0.167. The molecule has 1 amide bonds. The van der Waals surface area contributed by atoms with E-state index in [-0.39, 0.29) is 17.9 Å². The fourth-order valence-electron chi connectivity index (χ4n) is 4.34. The highest BCUT2D eigenvalue weighted by Gasteiger charge is 2.29. The zero-order valence-corrected chi connectivity index (χ0v) is 22.1. The number of hydroxylamine groups is 1. The summed E-state index contributed by atoms with van der Waals surface area (Å²) in [6.45, 7) is 0.713. The summed E-state index contributed by atoms with van der Waals surface area (Å²) in [5, 5.41) is 7.26. The van der Waals surface area contributed by atoms with E-state index in [1.165, 1.54) is 9.79 Å². The fourth-order valence-corrected chi connectivity index (χ4v) is 5.73. The van der Waals surface area contributed by atoms with Gasteiger partial charge in [-0.25, -0.2) is 18.9 Å². The van der Waals surface area contributed by atoms with Crippen molar-refractivity contribution in [3.63, 3.8) is 0 Å². The number of fused-ring (bicyclic) bond motifs is 1. The molecule has 2 aromatic heterocycles. The van der Waals surface area contributed by atoms with Crippen molar-refractivity contribution in [2.45, 2.75) is 17.9 Å². The van der Waals surface area contributed by atoms with Gasteiger partial charge in [0.05, 0.1) is 24.0 Å². The van der Waals surface area contributed by atoms with Gasteiger partial charge in [0.15, 0.2) is 0 Å². The van der Waals surface area contributed by atoms with Crippen molar-refractivity contribution in [1.29, 1.82) is 0 Å². The first-order valence-corrected chi connectivity index (χ1v) is 13.8. The minimum Gasteiger partial charge on any atom is -0.468 e. The topological polar surface area (TPSA) is 127 Å². The van der Waals surface area contributed by atoms with Gasteiger partial charge < -0.3 is 13.7 Å². The minimum absolute atomic E-state index is 0.181. The van der Waals surface area contributed by atoms with Crippen LogP contribution in [0.25, 0.3) is 16.8 Å². The van der Waals surface area contributed by atoms with Gasteiger partial charge in [0.25, 0.3) is 0 Å². The first kappa shape index (κ1) is 26.9. The molecular weight excluding hydrogens is 532 g/mol. The molecule has 0 spiro atoms. The molecular formula is C29H26N4O6S.